The molecule has 184 valence electrons. The second-order valence-corrected chi connectivity index (χ2v) is 10.1. The molecule has 36 heavy (non-hydrogen) atoms. The van der Waals surface area contributed by atoms with E-state index in [9.17, 15) is 18.3 Å². The summed E-state index contributed by atoms with van der Waals surface area (Å²) in [5, 5.41) is 13.4. The maximum atomic E-state index is 12.8. The number of benzene rings is 4. The van der Waals surface area contributed by atoms with Crippen molar-refractivity contribution in [3.05, 3.63) is 138 Å². The van der Waals surface area contributed by atoms with Crippen LogP contribution in [-0.4, -0.2) is 32.1 Å². The molecule has 1 atom stereocenters. The van der Waals surface area contributed by atoms with Gasteiger partial charge in [0.15, 0.2) is 0 Å². The van der Waals surface area contributed by atoms with Gasteiger partial charge in [0, 0.05) is 0 Å². The number of hydrogen-bond donors (Lipinski definition) is 2. The molecule has 0 aliphatic rings. The molecule has 0 aliphatic carbocycles. The molecule has 0 fully saturated rings. The number of nitrogens with one attached hydrogen (secondary N) is 1. The van der Waals surface area contributed by atoms with Crippen molar-refractivity contribution in [3.63, 3.8) is 0 Å². The molecule has 0 heterocycles. The van der Waals surface area contributed by atoms with Crippen molar-refractivity contribution < 1.29 is 22.5 Å². The van der Waals surface area contributed by atoms with Gasteiger partial charge in [-0.15, -0.1) is 0 Å². The maximum Gasteiger partial charge on any atom is 0.323 e. The van der Waals surface area contributed by atoms with Gasteiger partial charge in [0.1, 0.15) is 6.04 Å². The van der Waals surface area contributed by atoms with Crippen molar-refractivity contribution in [2.75, 3.05) is 6.61 Å². The minimum Gasteiger partial charge on any atom is -0.480 e. The summed E-state index contributed by atoms with van der Waals surface area (Å²) < 4.78 is 30.9. The van der Waals surface area contributed by atoms with Crippen LogP contribution in [0.4, 0.5) is 0 Å². The first-order chi connectivity index (χ1) is 17.3. The Balaban J connectivity index is 1.77. The van der Waals surface area contributed by atoms with E-state index in [2.05, 4.69) is 5.32 Å². The van der Waals surface area contributed by atoms with Gasteiger partial charge < -0.3 is 5.11 Å². The summed E-state index contributed by atoms with van der Waals surface area (Å²) in [7, 11) is -4.16. The fraction of sp³-hybridized carbons (Fsp3) is 0.138. The topological polar surface area (TPSA) is 92.7 Å². The van der Waals surface area contributed by atoms with Gasteiger partial charge >= 0.3 is 5.97 Å². The highest BCUT2D eigenvalue weighted by Gasteiger charge is 2.40. The highest BCUT2D eigenvalue weighted by atomic mass is 32.2. The summed E-state index contributed by atoms with van der Waals surface area (Å²) in [5.41, 5.74) is 2.21. The molecule has 0 radical (unpaired) electrons. The van der Waals surface area contributed by atoms with Crippen LogP contribution in [0.2, 0.25) is 0 Å². The van der Waals surface area contributed by atoms with Crippen molar-refractivity contribution in [2.45, 2.75) is 23.4 Å². The Hall–Kier alpha value is -3.78. The molecular formula is C29H27NO5S. The van der Waals surface area contributed by atoms with E-state index in [0.29, 0.717) is 0 Å². The van der Waals surface area contributed by atoms with Crippen LogP contribution >= 0.6 is 0 Å². The van der Waals surface area contributed by atoms with Gasteiger partial charge in [0.05, 0.1) is 17.0 Å². The first-order valence-electron chi connectivity index (χ1n) is 11.5. The molecule has 6 nitrogen and oxygen atoms in total. The van der Waals surface area contributed by atoms with E-state index < -0.39 is 34.3 Å². The van der Waals surface area contributed by atoms with Crippen molar-refractivity contribution in [3.8, 4) is 0 Å². The number of hydrogen-bond acceptors (Lipinski definition) is 5. The Kier molecular flexibility index (Phi) is 7.64. The summed E-state index contributed by atoms with van der Waals surface area (Å²) >= 11 is 0. The lowest BCUT2D eigenvalue weighted by Crippen LogP contribution is -2.54. The summed E-state index contributed by atoms with van der Waals surface area (Å²) in [5.74, 6) is -1.23. The highest BCUT2D eigenvalue weighted by molar-refractivity contribution is 7.86. The largest absolute Gasteiger partial charge is 0.480 e. The minimum absolute atomic E-state index is 0.0299. The Bertz CT molecular complexity index is 1290. The zero-order valence-corrected chi connectivity index (χ0v) is 20.6. The monoisotopic (exact) mass is 501 g/mol. The predicted octanol–water partition coefficient (Wildman–Crippen LogP) is 4.74. The van der Waals surface area contributed by atoms with Gasteiger partial charge in [-0.05, 0) is 35.7 Å². The fourth-order valence-corrected chi connectivity index (χ4v) is 5.10. The van der Waals surface area contributed by atoms with Crippen LogP contribution in [0.25, 0.3) is 0 Å². The molecule has 0 saturated heterocycles. The summed E-state index contributed by atoms with van der Waals surface area (Å²) in [4.78, 5) is 12.4. The Morgan fingerprint density at radius 1 is 0.778 bits per heavy atom. The van der Waals surface area contributed by atoms with E-state index in [1.807, 2.05) is 97.9 Å². The number of aliphatic carboxylic acids is 1. The lowest BCUT2D eigenvalue weighted by molar-refractivity contribution is -0.140. The van der Waals surface area contributed by atoms with Crippen molar-refractivity contribution in [2.24, 2.45) is 0 Å². The number of carboxylic acids is 1. The third kappa shape index (κ3) is 5.39. The zero-order valence-electron chi connectivity index (χ0n) is 19.7. The second-order valence-electron chi connectivity index (χ2n) is 8.43. The molecule has 0 spiro atoms. The molecule has 2 N–H and O–H groups in total. The molecule has 0 aromatic heterocycles. The van der Waals surface area contributed by atoms with Crippen LogP contribution in [-0.2, 0) is 24.6 Å². The summed E-state index contributed by atoms with van der Waals surface area (Å²) in [6.45, 7) is 1.25. The SMILES string of the molecule is Cc1ccc(S(=O)(=O)OC[C@H](NC(c2ccccc2)(c2ccccc2)c2ccccc2)C(=O)O)cc1. The quantitative estimate of drug-likeness (QED) is 0.241. The average molecular weight is 502 g/mol. The third-order valence-electron chi connectivity index (χ3n) is 6.01. The molecule has 4 aromatic rings. The minimum atomic E-state index is -4.16. The first kappa shape index (κ1) is 25.3. The molecule has 0 amide bonds. The van der Waals surface area contributed by atoms with Gasteiger partial charge in [-0.25, -0.2) is 0 Å². The number of carbonyl (C=O) groups is 1. The Morgan fingerprint density at radius 2 is 1.19 bits per heavy atom. The number of aryl methyl sites for hydroxylation is 1. The average Bonchev–Trinajstić information content (AvgIpc) is 2.90. The second kappa shape index (κ2) is 10.9. The van der Waals surface area contributed by atoms with Gasteiger partial charge in [0.2, 0.25) is 0 Å². The van der Waals surface area contributed by atoms with Crippen molar-refractivity contribution in [1.82, 2.24) is 5.32 Å². The van der Waals surface area contributed by atoms with Gasteiger partial charge in [-0.3, -0.25) is 14.3 Å². The van der Waals surface area contributed by atoms with Crippen molar-refractivity contribution in [1.29, 1.82) is 0 Å². The predicted molar refractivity (Wildman–Crippen MR) is 138 cm³/mol. The summed E-state index contributed by atoms with van der Waals surface area (Å²) in [6, 6.07) is 33.3. The molecule has 0 saturated carbocycles. The zero-order chi connectivity index (χ0) is 25.6. The number of rotatable bonds is 10. The van der Waals surface area contributed by atoms with E-state index in [-0.39, 0.29) is 4.90 Å². The molecule has 4 aromatic carbocycles. The van der Waals surface area contributed by atoms with E-state index in [1.165, 1.54) is 12.1 Å². The van der Waals surface area contributed by atoms with Crippen LogP contribution in [0.5, 0.6) is 0 Å². The Morgan fingerprint density at radius 3 is 1.58 bits per heavy atom. The molecule has 0 aliphatic heterocycles. The smallest absolute Gasteiger partial charge is 0.323 e. The van der Waals surface area contributed by atoms with Crippen molar-refractivity contribution >= 4 is 16.1 Å². The molecule has 7 heteroatoms. The molecule has 0 unspecified atom stereocenters. The van der Waals surface area contributed by atoms with E-state index in [1.54, 1.807) is 12.1 Å². The van der Waals surface area contributed by atoms with Crippen LogP contribution in [0.1, 0.15) is 22.3 Å². The van der Waals surface area contributed by atoms with E-state index in [4.69, 9.17) is 4.18 Å². The lowest BCUT2D eigenvalue weighted by atomic mass is 9.76. The highest BCUT2D eigenvalue weighted by Crippen LogP contribution is 2.37. The standard InChI is InChI=1S/C29H27NO5S/c1-22-17-19-26(20-18-22)36(33,34)35-21-27(28(31)32)30-29(23-11-5-2-6-12-23,24-13-7-3-8-14-24)25-15-9-4-10-16-25/h2-20,27,30H,21H2,1H3,(H,31,32)/t27-/m0/s1. The third-order valence-corrected chi connectivity index (χ3v) is 7.30. The normalized spacial score (nSPS) is 12.7. The van der Waals surface area contributed by atoms with E-state index >= 15 is 0 Å². The molecule has 4 rings (SSSR count). The van der Waals surface area contributed by atoms with Crippen LogP contribution in [0.3, 0.4) is 0 Å². The van der Waals surface area contributed by atoms with Gasteiger partial charge in [0.25, 0.3) is 10.1 Å². The van der Waals surface area contributed by atoms with E-state index in [0.717, 1.165) is 22.3 Å². The Labute approximate surface area is 211 Å². The lowest BCUT2D eigenvalue weighted by Gasteiger charge is -2.39. The van der Waals surface area contributed by atoms with Gasteiger partial charge in [-0.1, -0.05) is 109 Å². The number of carboxylic acid groups (broad SMARTS) is 1. The molecular weight excluding hydrogens is 474 g/mol. The van der Waals surface area contributed by atoms with Crippen LogP contribution in [0.15, 0.2) is 120 Å². The maximum absolute atomic E-state index is 12.8. The van der Waals surface area contributed by atoms with Crippen LogP contribution < -0.4 is 5.32 Å². The van der Waals surface area contributed by atoms with Crippen LogP contribution in [0, 0.1) is 6.92 Å². The first-order valence-corrected chi connectivity index (χ1v) is 12.9. The molecule has 0 bridgehead atoms. The fourth-order valence-electron chi connectivity index (χ4n) is 4.18. The van der Waals surface area contributed by atoms with Gasteiger partial charge in [-0.2, -0.15) is 8.42 Å². The summed E-state index contributed by atoms with van der Waals surface area (Å²) in [6.07, 6.45) is 0.